The van der Waals surface area contributed by atoms with Crippen LogP contribution in [0.25, 0.3) is 0 Å². The van der Waals surface area contributed by atoms with E-state index in [0.29, 0.717) is 11.0 Å². The van der Waals surface area contributed by atoms with E-state index in [-0.39, 0.29) is 18.3 Å². The smallest absolute Gasteiger partial charge is 0.319 e. The van der Waals surface area contributed by atoms with Gasteiger partial charge >= 0.3 is 5.97 Å². The zero-order valence-corrected chi connectivity index (χ0v) is 9.80. The van der Waals surface area contributed by atoms with Crippen molar-refractivity contribution < 1.29 is 13.9 Å². The Balaban J connectivity index is 2.44. The summed E-state index contributed by atoms with van der Waals surface area (Å²) in [4.78, 5) is 10.8. The topological polar surface area (TPSA) is 38.3 Å². The Labute approximate surface area is 95.7 Å². The van der Waals surface area contributed by atoms with E-state index < -0.39 is 0 Å². The highest BCUT2D eigenvalue weighted by molar-refractivity contribution is 9.10. The number of halogens is 2. The van der Waals surface area contributed by atoms with Crippen LogP contribution in [0, 0.1) is 5.82 Å². The molecular formula is C10H11BrFNO2. The first-order valence-corrected chi connectivity index (χ1v) is 5.14. The molecule has 0 atom stereocenters. The summed E-state index contributed by atoms with van der Waals surface area (Å²) in [6, 6.07) is 4.70. The summed E-state index contributed by atoms with van der Waals surface area (Å²) in [5.74, 6) is -0.622. The minimum Gasteiger partial charge on any atom is -0.468 e. The van der Waals surface area contributed by atoms with E-state index >= 15 is 0 Å². The zero-order valence-electron chi connectivity index (χ0n) is 8.22. The fourth-order valence-corrected chi connectivity index (χ4v) is 1.46. The van der Waals surface area contributed by atoms with Gasteiger partial charge in [-0.2, -0.15) is 0 Å². The Morgan fingerprint density at radius 1 is 1.60 bits per heavy atom. The standard InChI is InChI=1S/C10H11BrFNO2/c1-15-10(14)6-13-5-7-2-3-9(12)8(11)4-7/h2-4,13H,5-6H2,1H3. The number of rotatable bonds is 4. The van der Waals surface area contributed by atoms with Crippen LogP contribution < -0.4 is 5.32 Å². The minimum atomic E-state index is -0.323. The molecule has 0 heterocycles. The highest BCUT2D eigenvalue weighted by Gasteiger charge is 2.02. The van der Waals surface area contributed by atoms with E-state index in [9.17, 15) is 9.18 Å². The molecule has 1 rings (SSSR count). The number of esters is 1. The van der Waals surface area contributed by atoms with Gasteiger partial charge < -0.3 is 10.1 Å². The normalized spacial score (nSPS) is 10.1. The predicted molar refractivity (Wildman–Crippen MR) is 57.8 cm³/mol. The molecule has 0 aromatic heterocycles. The van der Waals surface area contributed by atoms with Gasteiger partial charge in [-0.3, -0.25) is 4.79 Å². The number of nitrogens with one attached hydrogen (secondary N) is 1. The monoisotopic (exact) mass is 275 g/mol. The van der Waals surface area contributed by atoms with Gasteiger partial charge in [0.25, 0.3) is 0 Å². The average molecular weight is 276 g/mol. The SMILES string of the molecule is COC(=O)CNCc1ccc(F)c(Br)c1. The molecule has 3 nitrogen and oxygen atoms in total. The highest BCUT2D eigenvalue weighted by Crippen LogP contribution is 2.16. The van der Waals surface area contributed by atoms with Crippen molar-refractivity contribution in [1.29, 1.82) is 0 Å². The molecule has 0 saturated carbocycles. The molecule has 0 unspecified atom stereocenters. The quantitative estimate of drug-likeness (QED) is 0.853. The summed E-state index contributed by atoms with van der Waals surface area (Å²) in [7, 11) is 1.33. The first-order valence-electron chi connectivity index (χ1n) is 4.35. The Morgan fingerprint density at radius 2 is 2.33 bits per heavy atom. The lowest BCUT2D eigenvalue weighted by molar-refractivity contribution is -0.139. The Morgan fingerprint density at radius 3 is 2.93 bits per heavy atom. The van der Waals surface area contributed by atoms with Gasteiger partial charge in [-0.1, -0.05) is 6.07 Å². The van der Waals surface area contributed by atoms with Crippen molar-refractivity contribution in [1.82, 2.24) is 5.32 Å². The van der Waals surface area contributed by atoms with Crippen molar-refractivity contribution >= 4 is 21.9 Å². The van der Waals surface area contributed by atoms with E-state index in [1.807, 2.05) is 0 Å². The number of ether oxygens (including phenoxy) is 1. The fraction of sp³-hybridized carbons (Fsp3) is 0.300. The summed E-state index contributed by atoms with van der Waals surface area (Å²) in [5, 5.41) is 2.88. The summed E-state index contributed by atoms with van der Waals surface area (Å²) in [6.07, 6.45) is 0. The van der Waals surface area contributed by atoms with E-state index in [0.717, 1.165) is 5.56 Å². The van der Waals surface area contributed by atoms with Crippen molar-refractivity contribution in [3.63, 3.8) is 0 Å². The van der Waals surface area contributed by atoms with Crippen LogP contribution in [0.5, 0.6) is 0 Å². The van der Waals surface area contributed by atoms with E-state index in [1.54, 1.807) is 12.1 Å². The molecule has 0 saturated heterocycles. The lowest BCUT2D eigenvalue weighted by Crippen LogP contribution is -2.23. The summed E-state index contributed by atoms with van der Waals surface area (Å²) < 4.78 is 17.7. The Bertz CT molecular complexity index is 357. The van der Waals surface area contributed by atoms with Crippen LogP contribution in [-0.2, 0) is 16.1 Å². The summed E-state index contributed by atoms with van der Waals surface area (Å²) >= 11 is 3.09. The van der Waals surface area contributed by atoms with Crippen LogP contribution in [0.15, 0.2) is 22.7 Å². The average Bonchev–Trinajstić information content (AvgIpc) is 2.23. The number of benzene rings is 1. The maximum atomic E-state index is 12.9. The molecule has 0 spiro atoms. The van der Waals surface area contributed by atoms with Crippen LogP contribution in [0.3, 0.4) is 0 Å². The fourth-order valence-electron chi connectivity index (χ4n) is 1.03. The van der Waals surface area contributed by atoms with Gasteiger partial charge in [-0.15, -0.1) is 0 Å². The maximum Gasteiger partial charge on any atom is 0.319 e. The lowest BCUT2D eigenvalue weighted by atomic mass is 10.2. The van der Waals surface area contributed by atoms with Crippen molar-refractivity contribution in [3.8, 4) is 0 Å². The second-order valence-electron chi connectivity index (χ2n) is 2.93. The van der Waals surface area contributed by atoms with Gasteiger partial charge in [0.15, 0.2) is 0 Å². The van der Waals surface area contributed by atoms with Crippen LogP contribution in [-0.4, -0.2) is 19.6 Å². The van der Waals surface area contributed by atoms with E-state index in [1.165, 1.54) is 13.2 Å². The second kappa shape index (κ2) is 5.82. The summed E-state index contributed by atoms with van der Waals surface area (Å²) in [5.41, 5.74) is 0.896. The molecule has 1 aromatic rings. The number of hydrogen-bond donors (Lipinski definition) is 1. The molecule has 0 amide bonds. The maximum absolute atomic E-state index is 12.9. The number of hydrogen-bond acceptors (Lipinski definition) is 3. The molecule has 0 aliphatic carbocycles. The molecule has 5 heteroatoms. The molecule has 0 aliphatic rings. The van der Waals surface area contributed by atoms with Crippen molar-refractivity contribution in [2.75, 3.05) is 13.7 Å². The number of carbonyl (C=O) groups excluding carboxylic acids is 1. The molecule has 1 aromatic carbocycles. The van der Waals surface area contributed by atoms with Gasteiger partial charge in [0.05, 0.1) is 18.1 Å². The van der Waals surface area contributed by atoms with E-state index in [4.69, 9.17) is 0 Å². The van der Waals surface area contributed by atoms with Gasteiger partial charge in [0, 0.05) is 6.54 Å². The minimum absolute atomic E-state index is 0.144. The molecule has 0 radical (unpaired) electrons. The summed E-state index contributed by atoms with van der Waals surface area (Å²) in [6.45, 7) is 0.638. The third kappa shape index (κ3) is 3.97. The van der Waals surface area contributed by atoms with Gasteiger partial charge in [-0.05, 0) is 33.6 Å². The van der Waals surface area contributed by atoms with Gasteiger partial charge in [-0.25, -0.2) is 4.39 Å². The van der Waals surface area contributed by atoms with Crippen LogP contribution in [0.2, 0.25) is 0 Å². The zero-order chi connectivity index (χ0) is 11.3. The first kappa shape index (κ1) is 12.1. The van der Waals surface area contributed by atoms with Crippen LogP contribution in [0.4, 0.5) is 4.39 Å². The third-order valence-electron chi connectivity index (χ3n) is 1.81. The van der Waals surface area contributed by atoms with Crippen LogP contribution >= 0.6 is 15.9 Å². The van der Waals surface area contributed by atoms with E-state index in [2.05, 4.69) is 26.0 Å². The Kier molecular flexibility index (Phi) is 4.71. The molecule has 1 N–H and O–H groups in total. The lowest BCUT2D eigenvalue weighted by Gasteiger charge is -2.04. The van der Waals surface area contributed by atoms with Crippen molar-refractivity contribution in [3.05, 3.63) is 34.1 Å². The molecular weight excluding hydrogens is 265 g/mol. The molecule has 82 valence electrons. The highest BCUT2D eigenvalue weighted by atomic mass is 79.9. The molecule has 0 fully saturated rings. The number of carbonyl (C=O) groups is 1. The van der Waals surface area contributed by atoms with Crippen LogP contribution in [0.1, 0.15) is 5.56 Å². The van der Waals surface area contributed by atoms with Crippen molar-refractivity contribution in [2.24, 2.45) is 0 Å². The second-order valence-corrected chi connectivity index (χ2v) is 3.78. The largest absolute Gasteiger partial charge is 0.468 e. The Hall–Kier alpha value is -0.940. The predicted octanol–water partition coefficient (Wildman–Crippen LogP) is 1.85. The first-order chi connectivity index (χ1) is 7.13. The van der Waals surface area contributed by atoms with Gasteiger partial charge in [0.2, 0.25) is 0 Å². The van der Waals surface area contributed by atoms with Gasteiger partial charge in [0.1, 0.15) is 5.82 Å². The molecule has 15 heavy (non-hydrogen) atoms. The number of methoxy groups -OCH3 is 1. The molecule has 0 aliphatic heterocycles. The third-order valence-corrected chi connectivity index (χ3v) is 2.42. The molecule has 0 bridgehead atoms. The van der Waals surface area contributed by atoms with Crippen molar-refractivity contribution in [2.45, 2.75) is 6.54 Å².